The number of aryl methyl sites for hydroxylation is 1. The summed E-state index contributed by atoms with van der Waals surface area (Å²) in [5, 5.41) is 16.2. The first-order valence-electron chi connectivity index (χ1n) is 10.2. The molecule has 0 radical (unpaired) electrons. The molecule has 168 valence electrons. The Hall–Kier alpha value is -3.91. The van der Waals surface area contributed by atoms with Crippen molar-refractivity contribution >= 4 is 23.2 Å². The number of anilines is 1. The van der Waals surface area contributed by atoms with Gasteiger partial charge < -0.3 is 14.8 Å². The van der Waals surface area contributed by atoms with Gasteiger partial charge in [0.2, 0.25) is 5.88 Å². The monoisotopic (exact) mass is 463 g/mol. The topological polar surface area (TPSA) is 91.2 Å². The van der Waals surface area contributed by atoms with Crippen LogP contribution >= 0.6 is 11.6 Å². The van der Waals surface area contributed by atoms with E-state index in [1.807, 2.05) is 20.8 Å². The first-order chi connectivity index (χ1) is 15.9. The number of halogens is 1. The summed E-state index contributed by atoms with van der Waals surface area (Å²) < 4.78 is 12.9. The molecule has 0 aliphatic heterocycles. The smallest absolute Gasteiger partial charge is 0.262 e. The fourth-order valence-corrected chi connectivity index (χ4v) is 3.15. The quantitative estimate of drug-likeness (QED) is 0.412. The van der Waals surface area contributed by atoms with Crippen molar-refractivity contribution in [1.29, 1.82) is 0 Å². The molecule has 9 heteroatoms. The zero-order valence-electron chi connectivity index (χ0n) is 18.4. The number of carbonyl (C=O) groups is 1. The number of nitrogens with zero attached hydrogens (tertiary/aromatic N) is 4. The molecule has 4 aromatic rings. The van der Waals surface area contributed by atoms with Crippen LogP contribution in [0.5, 0.6) is 17.4 Å². The van der Waals surface area contributed by atoms with Crippen LogP contribution in [0.1, 0.15) is 17.0 Å². The van der Waals surface area contributed by atoms with Crippen LogP contribution in [0.2, 0.25) is 5.02 Å². The molecule has 0 unspecified atom stereocenters. The minimum absolute atomic E-state index is 0.114. The maximum Gasteiger partial charge on any atom is 0.262 e. The first-order valence-corrected chi connectivity index (χ1v) is 10.6. The summed E-state index contributed by atoms with van der Waals surface area (Å²) in [6.07, 6.45) is 0. The van der Waals surface area contributed by atoms with E-state index in [1.165, 1.54) is 0 Å². The van der Waals surface area contributed by atoms with Gasteiger partial charge in [-0.2, -0.15) is 5.10 Å². The molecule has 0 fully saturated rings. The highest BCUT2D eigenvalue weighted by atomic mass is 35.5. The fourth-order valence-electron chi connectivity index (χ4n) is 3.03. The van der Waals surface area contributed by atoms with E-state index in [9.17, 15) is 4.79 Å². The van der Waals surface area contributed by atoms with Crippen LogP contribution in [0.15, 0.2) is 60.7 Å². The van der Waals surface area contributed by atoms with Crippen molar-refractivity contribution in [1.82, 2.24) is 20.0 Å². The van der Waals surface area contributed by atoms with E-state index in [1.54, 1.807) is 65.3 Å². The third-order valence-electron chi connectivity index (χ3n) is 5.04. The Morgan fingerprint density at radius 1 is 0.939 bits per heavy atom. The minimum Gasteiger partial charge on any atom is -0.484 e. The Balaban J connectivity index is 1.32. The molecule has 0 atom stereocenters. The van der Waals surface area contributed by atoms with Crippen molar-refractivity contribution in [3.8, 4) is 23.2 Å². The summed E-state index contributed by atoms with van der Waals surface area (Å²) >= 11 is 5.83. The second-order valence-electron chi connectivity index (χ2n) is 7.35. The number of amides is 1. The molecule has 2 heterocycles. The van der Waals surface area contributed by atoms with E-state index in [0.717, 1.165) is 17.0 Å². The van der Waals surface area contributed by atoms with Crippen molar-refractivity contribution < 1.29 is 14.3 Å². The Bertz CT molecular complexity index is 1250. The number of hydrogen-bond donors (Lipinski definition) is 1. The van der Waals surface area contributed by atoms with Crippen molar-refractivity contribution in [2.75, 3.05) is 11.9 Å². The molecular formula is C24H22ClN5O3. The number of ether oxygens (including phenoxy) is 2. The molecule has 0 saturated heterocycles. The van der Waals surface area contributed by atoms with Crippen molar-refractivity contribution in [2.45, 2.75) is 20.8 Å². The third-order valence-corrected chi connectivity index (χ3v) is 5.29. The van der Waals surface area contributed by atoms with Gasteiger partial charge in [0.15, 0.2) is 12.4 Å². The molecule has 2 aromatic carbocycles. The number of rotatable bonds is 7. The molecule has 8 nitrogen and oxygen atoms in total. The summed E-state index contributed by atoms with van der Waals surface area (Å²) in [5.74, 6) is 1.83. The van der Waals surface area contributed by atoms with E-state index >= 15 is 0 Å². The van der Waals surface area contributed by atoms with E-state index in [4.69, 9.17) is 21.1 Å². The largest absolute Gasteiger partial charge is 0.484 e. The lowest BCUT2D eigenvalue weighted by Gasteiger charge is -2.09. The van der Waals surface area contributed by atoms with Gasteiger partial charge in [-0.25, -0.2) is 4.68 Å². The Kier molecular flexibility index (Phi) is 6.55. The molecule has 0 spiro atoms. The average Bonchev–Trinajstić information content (AvgIpc) is 3.08. The Morgan fingerprint density at radius 3 is 2.24 bits per heavy atom. The Labute approximate surface area is 196 Å². The first kappa shape index (κ1) is 22.3. The van der Waals surface area contributed by atoms with Gasteiger partial charge in [-0.05, 0) is 80.9 Å². The molecule has 33 heavy (non-hydrogen) atoms. The number of carbonyl (C=O) groups excluding carboxylic acids is 1. The number of benzene rings is 2. The standard InChI is InChI=1S/C24H22ClN5O3/c1-15-16(2)29-30(17(15)3)22-12-13-24(28-27-22)33-21-10-6-19(7-11-21)26-23(31)14-32-20-8-4-18(25)5-9-20/h4-13H,14H2,1-3H3,(H,26,31). The molecule has 0 bridgehead atoms. The number of hydrogen-bond acceptors (Lipinski definition) is 6. The third kappa shape index (κ3) is 5.48. The van der Waals surface area contributed by atoms with Crippen molar-refractivity contribution in [3.05, 3.63) is 82.6 Å². The maximum absolute atomic E-state index is 12.1. The zero-order valence-corrected chi connectivity index (χ0v) is 19.1. The van der Waals surface area contributed by atoms with Crippen LogP contribution in [0.3, 0.4) is 0 Å². The average molecular weight is 464 g/mol. The van der Waals surface area contributed by atoms with Crippen molar-refractivity contribution in [2.24, 2.45) is 0 Å². The fraction of sp³-hybridized carbons (Fsp3) is 0.167. The number of aromatic nitrogens is 4. The predicted octanol–water partition coefficient (Wildman–Crippen LogP) is 5.05. The normalized spacial score (nSPS) is 10.7. The van der Waals surface area contributed by atoms with Gasteiger partial charge in [-0.1, -0.05) is 11.6 Å². The van der Waals surface area contributed by atoms with Gasteiger partial charge in [0.25, 0.3) is 5.91 Å². The summed E-state index contributed by atoms with van der Waals surface area (Å²) in [6, 6.07) is 17.3. The number of nitrogens with one attached hydrogen (secondary N) is 1. The summed E-state index contributed by atoms with van der Waals surface area (Å²) in [7, 11) is 0. The van der Waals surface area contributed by atoms with Gasteiger partial charge >= 0.3 is 0 Å². The molecular weight excluding hydrogens is 442 g/mol. The molecule has 4 rings (SSSR count). The Morgan fingerprint density at radius 2 is 1.64 bits per heavy atom. The van der Waals surface area contributed by atoms with Gasteiger partial charge in [0.05, 0.1) is 5.69 Å². The second-order valence-corrected chi connectivity index (χ2v) is 7.79. The molecule has 1 N–H and O–H groups in total. The minimum atomic E-state index is -0.278. The van der Waals surface area contributed by atoms with Gasteiger partial charge in [0.1, 0.15) is 11.5 Å². The van der Waals surface area contributed by atoms with Crippen molar-refractivity contribution in [3.63, 3.8) is 0 Å². The van der Waals surface area contributed by atoms with Crippen LogP contribution in [0, 0.1) is 20.8 Å². The molecule has 0 aliphatic rings. The maximum atomic E-state index is 12.1. The lowest BCUT2D eigenvalue weighted by atomic mass is 10.2. The van der Waals surface area contributed by atoms with Crippen LogP contribution in [0.4, 0.5) is 5.69 Å². The highest BCUT2D eigenvalue weighted by Crippen LogP contribution is 2.22. The molecule has 2 aromatic heterocycles. The lowest BCUT2D eigenvalue weighted by molar-refractivity contribution is -0.118. The molecule has 0 saturated carbocycles. The van der Waals surface area contributed by atoms with Crippen LogP contribution in [0.25, 0.3) is 5.82 Å². The van der Waals surface area contributed by atoms with E-state index in [2.05, 4.69) is 20.6 Å². The van der Waals surface area contributed by atoms with E-state index in [0.29, 0.717) is 33.9 Å². The van der Waals surface area contributed by atoms with Crippen LogP contribution in [-0.4, -0.2) is 32.5 Å². The molecule has 0 aliphatic carbocycles. The molecule has 1 amide bonds. The van der Waals surface area contributed by atoms with Gasteiger partial charge in [-0.3, -0.25) is 4.79 Å². The highest BCUT2D eigenvalue weighted by Gasteiger charge is 2.11. The second kappa shape index (κ2) is 9.70. The SMILES string of the molecule is Cc1nn(-c2ccc(Oc3ccc(NC(=O)COc4ccc(Cl)cc4)cc3)nn2)c(C)c1C. The van der Waals surface area contributed by atoms with E-state index < -0.39 is 0 Å². The summed E-state index contributed by atoms with van der Waals surface area (Å²) in [5.41, 5.74) is 3.72. The predicted molar refractivity (Wildman–Crippen MR) is 125 cm³/mol. The van der Waals surface area contributed by atoms with Crippen LogP contribution in [-0.2, 0) is 4.79 Å². The van der Waals surface area contributed by atoms with Crippen LogP contribution < -0.4 is 14.8 Å². The van der Waals surface area contributed by atoms with Gasteiger partial charge in [-0.15, -0.1) is 10.2 Å². The van der Waals surface area contributed by atoms with E-state index in [-0.39, 0.29) is 12.5 Å². The van der Waals surface area contributed by atoms with Gasteiger partial charge in [0, 0.05) is 22.5 Å². The highest BCUT2D eigenvalue weighted by molar-refractivity contribution is 6.30. The summed E-state index contributed by atoms with van der Waals surface area (Å²) in [4.78, 5) is 12.1. The zero-order chi connectivity index (χ0) is 23.4. The summed E-state index contributed by atoms with van der Waals surface area (Å²) in [6.45, 7) is 5.86. The lowest BCUT2D eigenvalue weighted by Crippen LogP contribution is -2.20.